The summed E-state index contributed by atoms with van der Waals surface area (Å²) in [4.78, 5) is 2.36. The van der Waals surface area contributed by atoms with Gasteiger partial charge < -0.3 is 15.0 Å². The molecule has 6 heteroatoms. The van der Waals surface area contributed by atoms with Crippen molar-refractivity contribution in [1.82, 2.24) is 4.90 Å². The molecule has 1 aliphatic rings. The van der Waals surface area contributed by atoms with Gasteiger partial charge in [0.15, 0.2) is 0 Å². The first-order valence-electron chi connectivity index (χ1n) is 10.7. The van der Waals surface area contributed by atoms with Crippen molar-refractivity contribution in [2.75, 3.05) is 31.8 Å². The van der Waals surface area contributed by atoms with Gasteiger partial charge in [-0.25, -0.2) is 0 Å². The van der Waals surface area contributed by atoms with Crippen LogP contribution in [0.3, 0.4) is 0 Å². The van der Waals surface area contributed by atoms with E-state index in [1.807, 2.05) is 31.3 Å². The van der Waals surface area contributed by atoms with Crippen LogP contribution in [-0.2, 0) is 0 Å². The van der Waals surface area contributed by atoms with Crippen LogP contribution in [0.4, 0.5) is 5.69 Å². The average molecular weight is 475 g/mol. The zero-order chi connectivity index (χ0) is 22.4. The van der Waals surface area contributed by atoms with E-state index in [2.05, 4.69) is 48.3 Å². The van der Waals surface area contributed by atoms with Crippen molar-refractivity contribution in [3.63, 3.8) is 0 Å². The highest BCUT2D eigenvalue weighted by molar-refractivity contribution is 8.22. The molecule has 1 atom stereocenters. The van der Waals surface area contributed by atoms with Gasteiger partial charge in [-0.3, -0.25) is 0 Å². The summed E-state index contributed by atoms with van der Waals surface area (Å²) < 4.78 is 6.33. The van der Waals surface area contributed by atoms with Crippen molar-refractivity contribution in [2.24, 2.45) is 5.92 Å². The highest BCUT2D eigenvalue weighted by atomic mass is 35.5. The lowest BCUT2D eigenvalue weighted by Gasteiger charge is -2.37. The van der Waals surface area contributed by atoms with E-state index in [-0.39, 0.29) is 6.04 Å². The van der Waals surface area contributed by atoms with Crippen molar-refractivity contribution in [3.05, 3.63) is 64.7 Å². The molecule has 166 valence electrons. The van der Waals surface area contributed by atoms with Gasteiger partial charge in [-0.15, -0.1) is 0 Å². The Bertz CT molecular complexity index is 928. The van der Waals surface area contributed by atoms with Crippen LogP contribution in [0.2, 0.25) is 5.02 Å². The first kappa shape index (κ1) is 24.0. The molecule has 0 saturated heterocycles. The molecule has 1 N–H and O–H groups in total. The predicted octanol–water partition coefficient (Wildman–Crippen LogP) is 7.28. The maximum atomic E-state index is 6.34. The summed E-state index contributed by atoms with van der Waals surface area (Å²) in [5.74, 6) is 2.59. The average Bonchev–Trinajstić information content (AvgIpc) is 2.78. The summed E-state index contributed by atoms with van der Waals surface area (Å²) in [5, 5.41) is 4.05. The summed E-state index contributed by atoms with van der Waals surface area (Å²) in [6, 6.07) is 14.4. The normalized spacial score (nSPS) is 16.3. The minimum atomic E-state index is 0.0809. The molecule has 3 nitrogen and oxygen atoms in total. The summed E-state index contributed by atoms with van der Waals surface area (Å²) in [6.45, 7) is 5.39. The number of hydrogen-bond donors (Lipinski definition) is 1. The lowest BCUT2D eigenvalue weighted by molar-refractivity contribution is 0.372. The van der Waals surface area contributed by atoms with Gasteiger partial charge in [0.2, 0.25) is 0 Å². The third-order valence-corrected chi connectivity index (χ3v) is 7.27. The first-order chi connectivity index (χ1) is 14.9. The van der Waals surface area contributed by atoms with Crippen LogP contribution >= 0.6 is 35.6 Å². The number of nitrogens with zero attached hydrogens (tertiary/aromatic N) is 1. The van der Waals surface area contributed by atoms with Crippen LogP contribution in [-0.4, -0.2) is 35.7 Å². The van der Waals surface area contributed by atoms with Crippen molar-refractivity contribution >= 4 is 51.2 Å². The standard InChI is InChI=1S/C25H31ClN2OS2/c1-17(2)12-14-31-25(30)28-13-11-19(22-16-20(26)7-10-23(22)27-3)15-24(28)18-5-8-21(29-4)9-6-18/h5-10,15-17,24,27H,11-14H2,1-4H3. The van der Waals surface area contributed by atoms with E-state index >= 15 is 0 Å². The van der Waals surface area contributed by atoms with Crippen molar-refractivity contribution in [3.8, 4) is 5.75 Å². The lowest BCUT2D eigenvalue weighted by Crippen LogP contribution is -2.35. The second-order valence-electron chi connectivity index (χ2n) is 8.09. The summed E-state index contributed by atoms with van der Waals surface area (Å²) >= 11 is 14.0. The fraction of sp³-hybridized carbons (Fsp3) is 0.400. The first-order valence-corrected chi connectivity index (χ1v) is 12.5. The molecule has 0 bridgehead atoms. The molecule has 31 heavy (non-hydrogen) atoms. The number of anilines is 1. The molecular formula is C25H31ClN2OS2. The highest BCUT2D eigenvalue weighted by Gasteiger charge is 2.27. The molecule has 0 saturated carbocycles. The third-order valence-electron chi connectivity index (χ3n) is 5.53. The Hall–Kier alpha value is -1.69. The molecule has 3 rings (SSSR count). The van der Waals surface area contributed by atoms with Gasteiger partial charge in [-0.1, -0.05) is 67.6 Å². The largest absolute Gasteiger partial charge is 0.497 e. The molecule has 0 spiro atoms. The number of halogens is 1. The van der Waals surface area contributed by atoms with E-state index in [0.717, 1.165) is 45.1 Å². The van der Waals surface area contributed by atoms with Crippen LogP contribution < -0.4 is 10.1 Å². The molecular weight excluding hydrogens is 444 g/mol. The molecule has 2 aromatic carbocycles. The zero-order valence-electron chi connectivity index (χ0n) is 18.7. The number of methoxy groups -OCH3 is 1. The number of rotatable bonds is 7. The van der Waals surface area contributed by atoms with Gasteiger partial charge >= 0.3 is 0 Å². The molecule has 1 aliphatic heterocycles. The molecule has 2 aromatic rings. The smallest absolute Gasteiger partial charge is 0.137 e. The molecule has 0 aliphatic carbocycles. The number of benzene rings is 2. The van der Waals surface area contributed by atoms with Crippen molar-refractivity contribution in [1.29, 1.82) is 0 Å². The Labute approximate surface area is 201 Å². The van der Waals surface area contributed by atoms with Crippen molar-refractivity contribution in [2.45, 2.75) is 32.7 Å². The highest BCUT2D eigenvalue weighted by Crippen LogP contribution is 2.39. The van der Waals surface area contributed by atoms with Crippen LogP contribution in [0, 0.1) is 5.92 Å². The molecule has 0 radical (unpaired) electrons. The Balaban J connectivity index is 1.94. The second-order valence-corrected chi connectivity index (χ2v) is 10.3. The molecule has 1 heterocycles. The number of nitrogens with one attached hydrogen (secondary N) is 1. The topological polar surface area (TPSA) is 24.5 Å². The minimum absolute atomic E-state index is 0.0809. The van der Waals surface area contributed by atoms with Crippen LogP contribution in [0.15, 0.2) is 48.5 Å². The summed E-state index contributed by atoms with van der Waals surface area (Å²) in [5.41, 5.74) is 4.75. The van der Waals surface area contributed by atoms with Gasteiger partial charge in [-0.2, -0.15) is 0 Å². The summed E-state index contributed by atoms with van der Waals surface area (Å²) in [7, 11) is 3.64. The third kappa shape index (κ3) is 6.18. The van der Waals surface area contributed by atoms with Crippen LogP contribution in [0.5, 0.6) is 5.75 Å². The summed E-state index contributed by atoms with van der Waals surface area (Å²) in [6.07, 6.45) is 4.43. The zero-order valence-corrected chi connectivity index (χ0v) is 21.0. The van der Waals surface area contributed by atoms with Crippen LogP contribution in [0.25, 0.3) is 5.57 Å². The second kappa shape index (κ2) is 11.3. The number of ether oxygens (including phenoxy) is 1. The predicted molar refractivity (Wildman–Crippen MR) is 141 cm³/mol. The number of thiocarbonyl (C=S) groups is 1. The van der Waals surface area contributed by atoms with E-state index in [1.54, 1.807) is 18.9 Å². The Morgan fingerprint density at radius 2 is 2.00 bits per heavy atom. The fourth-order valence-electron chi connectivity index (χ4n) is 3.72. The van der Waals surface area contributed by atoms with E-state index in [0.29, 0.717) is 5.92 Å². The lowest BCUT2D eigenvalue weighted by atomic mass is 9.92. The fourth-order valence-corrected chi connectivity index (χ4v) is 5.48. The maximum absolute atomic E-state index is 6.34. The molecule has 0 amide bonds. The molecule has 0 fully saturated rings. The number of hydrogen-bond acceptors (Lipinski definition) is 4. The van der Waals surface area contributed by atoms with E-state index in [4.69, 9.17) is 28.6 Å². The minimum Gasteiger partial charge on any atom is -0.497 e. The molecule has 1 unspecified atom stereocenters. The number of thioether (sulfide) groups is 1. The van der Waals surface area contributed by atoms with Gasteiger partial charge in [0.25, 0.3) is 0 Å². The Kier molecular flexibility index (Phi) is 8.70. The van der Waals surface area contributed by atoms with E-state index in [1.165, 1.54) is 17.6 Å². The Morgan fingerprint density at radius 3 is 2.65 bits per heavy atom. The van der Waals surface area contributed by atoms with Crippen molar-refractivity contribution < 1.29 is 4.74 Å². The van der Waals surface area contributed by atoms with E-state index in [9.17, 15) is 0 Å². The SMILES string of the molecule is CNc1ccc(Cl)cc1C1=CC(c2ccc(OC)cc2)N(C(=S)SCCC(C)C)CC1. The van der Waals surface area contributed by atoms with Gasteiger partial charge in [-0.05, 0) is 60.2 Å². The van der Waals surface area contributed by atoms with E-state index < -0.39 is 0 Å². The van der Waals surface area contributed by atoms with Gasteiger partial charge in [0.05, 0.1) is 13.2 Å². The van der Waals surface area contributed by atoms with Crippen LogP contribution in [0.1, 0.15) is 43.9 Å². The molecule has 0 aromatic heterocycles. The quantitative estimate of drug-likeness (QED) is 0.425. The van der Waals surface area contributed by atoms with Gasteiger partial charge in [0.1, 0.15) is 10.1 Å². The maximum Gasteiger partial charge on any atom is 0.137 e. The Morgan fingerprint density at radius 1 is 1.26 bits per heavy atom. The monoisotopic (exact) mass is 474 g/mol. The van der Waals surface area contributed by atoms with Gasteiger partial charge in [0, 0.05) is 35.6 Å².